The zero-order chi connectivity index (χ0) is 95.4. The van der Waals surface area contributed by atoms with Crippen LogP contribution < -0.4 is 120 Å². The van der Waals surface area contributed by atoms with Gasteiger partial charge < -0.3 is 145 Å². The molecule has 0 unspecified atom stereocenters. The number of thiol groups is 2. The van der Waals surface area contributed by atoms with E-state index in [9.17, 15) is 86.9 Å². The third-order valence-electron chi connectivity index (χ3n) is 19.9. The highest BCUT2D eigenvalue weighted by atomic mass is 32.1. The predicted molar refractivity (Wildman–Crippen MR) is 476 cm³/mol. The number of para-hydroxylation sites is 2. The molecule has 34 N–H and O–H groups in total. The van der Waals surface area contributed by atoms with Crippen LogP contribution in [0.2, 0.25) is 0 Å². The number of hydrogen-bond donors (Lipinski definition) is 29. The molecule has 0 aliphatic carbocycles. The maximum atomic E-state index is 15.3. The lowest BCUT2D eigenvalue weighted by Crippen LogP contribution is -2.62. The molecule has 0 aliphatic rings. The number of fused-ring (bicyclic) bond motifs is 2. The molecule has 0 spiro atoms. The van der Waals surface area contributed by atoms with E-state index in [2.05, 4.69) is 115 Å². The molecular weight excluding hydrogens is 1720 g/mol. The van der Waals surface area contributed by atoms with Gasteiger partial charge in [0.2, 0.25) is 106 Å². The normalized spacial score (nSPS) is 14.1. The Morgan fingerprint density at radius 3 is 1.29 bits per heavy atom. The minimum Gasteiger partial charge on any atom is -0.508 e. The molecular formula is C81H119N25O21S2. The lowest BCUT2D eigenvalue weighted by atomic mass is 10.0. The number of aromatic nitrogens is 2. The molecule has 0 radical (unpaired) electrons. The number of aliphatic hydroxyl groups excluding tert-OH is 1. The second-order valence-corrected chi connectivity index (χ2v) is 31.0. The maximum absolute atomic E-state index is 15.3. The number of aromatic amines is 2. The lowest BCUT2D eigenvalue weighted by Gasteiger charge is -2.29. The van der Waals surface area contributed by atoms with Crippen LogP contribution in [0.15, 0.2) is 85.2 Å². The fourth-order valence-corrected chi connectivity index (χ4v) is 13.7. The highest BCUT2D eigenvalue weighted by Gasteiger charge is 2.39. The number of aromatic hydroxyl groups is 1. The number of benzene rings is 3. The first kappa shape index (κ1) is 106. The standard InChI is InChI=1S/C81H119N25O21S2/c1-42(107)68(106-74(120)56(24-26-64(85)111)100-78(124)61(40-128)95-43(2)108)80(126)104-59(34-46-37-93-51-15-6-4-13-49(46)51)77(123)99-55(23-25-63(84)110)73(119)105-62(41-129)79(125)101-57(32-44-19-21-47(109)22-20-44)75(121)102-58(33-45-36-92-50-14-5-3-12-48(45)50)76(122)98-54(18-11-29-91-81(88)89)71(117)97-53(17-8-10-28-83)72(118)103-60(35-65(86)112)70(116)94-38-66(113)90-30-31-127-39-67(114)96-52(69(87)115)16-7-9-27-82/h3-6,12-15,19-22,36-37,42,52-62,68,92-93,107,109,128-129H,7-11,16-18,23-35,38-41,82-83H2,1-2H3,(H2,84,110)(H2,85,111)(H2,86,112)(H2,87,115)(H,90,113)(H,94,116)(H,95,108)(H,96,114)(H,97,117)(H,98,122)(H,99,123)(H,100,124)(H,101,125)(H,102,121)(H,103,118)(H,104,126)(H,105,119)(H,106,120)(H4,88,89,91)/t42-,52-,53+,54+,55+,56+,57+,58+,59+,60+,61+,62+,68+/m1/s1. The summed E-state index contributed by atoms with van der Waals surface area (Å²) in [5.74, 6) is -19.1. The van der Waals surface area contributed by atoms with Crippen molar-refractivity contribution in [2.45, 2.75) is 195 Å². The van der Waals surface area contributed by atoms with Gasteiger partial charge in [-0.2, -0.15) is 25.3 Å². The van der Waals surface area contributed by atoms with Gasteiger partial charge in [-0.25, -0.2) is 0 Å². The first-order valence-corrected chi connectivity index (χ1v) is 42.7. The van der Waals surface area contributed by atoms with Gasteiger partial charge >= 0.3 is 0 Å². The van der Waals surface area contributed by atoms with Crippen LogP contribution in [-0.4, -0.2) is 269 Å². The van der Waals surface area contributed by atoms with E-state index in [1.54, 1.807) is 54.7 Å². The molecule has 3 aromatic carbocycles. The van der Waals surface area contributed by atoms with Crippen LogP contribution in [0.3, 0.4) is 0 Å². The minimum atomic E-state index is -1.93. The van der Waals surface area contributed by atoms with Gasteiger partial charge in [0, 0.05) is 97.8 Å². The fraction of sp³-hybridized carbons (Fsp3) is 0.494. The molecule has 0 saturated heterocycles. The number of nitrogens with two attached hydrogens (primary N) is 7. The van der Waals surface area contributed by atoms with E-state index in [0.29, 0.717) is 64.3 Å². The van der Waals surface area contributed by atoms with Gasteiger partial charge in [0.15, 0.2) is 5.96 Å². The van der Waals surface area contributed by atoms with Crippen molar-refractivity contribution in [1.29, 1.82) is 5.41 Å². The molecule has 129 heavy (non-hydrogen) atoms. The molecule has 18 amide bonds. The SMILES string of the molecule is CC(=O)N[C@@H](CS)C(=O)N[C@@H](CCC(N)=O)C(=O)N[C@H](C(=O)N[C@@H](Cc1c[nH]c2ccccc12)C(=O)N[C@@H](CCC(N)=O)C(=O)N[C@@H](CS)C(=O)N[C@@H](Cc1ccc(O)cc1)C(=O)N[C@@H](Cc1c[nH]c2ccccc12)C(=O)N[C@@H](CCCNC(=N)N)C(=O)N[C@@H](CCCCN)C(=O)N[C@@H](CC(N)=O)C(=O)NCC(=O)NCCOCC(=O)N[C@H](CCCCN)C(N)=O)[C@@H](C)O. The van der Waals surface area contributed by atoms with Gasteiger partial charge in [-0.3, -0.25) is 91.7 Å². The summed E-state index contributed by atoms with van der Waals surface area (Å²) in [6, 6.07) is -0.343. The summed E-state index contributed by atoms with van der Waals surface area (Å²) in [5, 5.41) is 67.7. The van der Waals surface area contributed by atoms with E-state index >= 15 is 9.59 Å². The first-order chi connectivity index (χ1) is 61.3. The summed E-state index contributed by atoms with van der Waals surface area (Å²) in [6.07, 6.45) is -1.25. The van der Waals surface area contributed by atoms with Crippen molar-refractivity contribution in [3.05, 3.63) is 102 Å². The van der Waals surface area contributed by atoms with E-state index in [1.807, 2.05) is 0 Å². The smallest absolute Gasteiger partial charge is 0.246 e. The van der Waals surface area contributed by atoms with Crippen molar-refractivity contribution in [3.8, 4) is 5.75 Å². The first-order valence-electron chi connectivity index (χ1n) is 41.5. The number of rotatable bonds is 60. The monoisotopic (exact) mass is 1840 g/mol. The number of aliphatic hydroxyl groups is 1. The van der Waals surface area contributed by atoms with Crippen LogP contribution in [0.4, 0.5) is 0 Å². The van der Waals surface area contributed by atoms with Crippen molar-refractivity contribution in [2.24, 2.45) is 40.1 Å². The van der Waals surface area contributed by atoms with E-state index < -0.39 is 248 Å². The quantitative estimate of drug-likeness (QED) is 0.00744. The Morgan fingerprint density at radius 2 is 0.837 bits per heavy atom. The van der Waals surface area contributed by atoms with Crippen molar-refractivity contribution in [1.82, 2.24) is 89.7 Å². The molecule has 2 heterocycles. The average molecular weight is 1840 g/mol. The number of amides is 18. The van der Waals surface area contributed by atoms with Gasteiger partial charge in [0.05, 0.1) is 25.7 Å². The highest BCUT2D eigenvalue weighted by molar-refractivity contribution is 7.80. The molecule has 5 aromatic rings. The zero-order valence-electron chi connectivity index (χ0n) is 71.4. The molecule has 0 fully saturated rings. The van der Waals surface area contributed by atoms with E-state index in [-0.39, 0.29) is 82.7 Å². The minimum absolute atomic E-state index is 0.00698. The number of ether oxygens (including phenoxy) is 1. The molecule has 48 heteroatoms. The summed E-state index contributed by atoms with van der Waals surface area (Å²) in [6.45, 7) is 1.11. The molecule has 5 rings (SSSR count). The van der Waals surface area contributed by atoms with Gasteiger partial charge in [-0.15, -0.1) is 0 Å². The number of hydrogen-bond acceptors (Lipinski definition) is 26. The maximum Gasteiger partial charge on any atom is 0.246 e. The van der Waals surface area contributed by atoms with E-state index in [4.69, 9.17) is 50.3 Å². The topological polar surface area (TPSA) is 775 Å². The van der Waals surface area contributed by atoms with Crippen molar-refractivity contribution < 1.29 is 101 Å². The van der Waals surface area contributed by atoms with Crippen LogP contribution in [0, 0.1) is 5.41 Å². The Hall–Kier alpha value is -13.2. The number of H-pyrrole nitrogens is 2. The highest BCUT2D eigenvalue weighted by Crippen LogP contribution is 2.23. The predicted octanol–water partition coefficient (Wildman–Crippen LogP) is -7.88. The second kappa shape index (κ2) is 55.4. The number of nitrogens with one attached hydrogen (secondary N) is 18. The Labute approximate surface area is 752 Å². The number of phenols is 1. The van der Waals surface area contributed by atoms with Crippen molar-refractivity contribution >= 4 is 159 Å². The average Bonchev–Trinajstić information content (AvgIpc) is 1.74. The number of guanidine groups is 1. The summed E-state index contributed by atoms with van der Waals surface area (Å²) in [7, 11) is 0. The van der Waals surface area contributed by atoms with Crippen LogP contribution in [0.25, 0.3) is 21.8 Å². The summed E-state index contributed by atoms with van der Waals surface area (Å²) < 4.78 is 5.29. The zero-order valence-corrected chi connectivity index (χ0v) is 73.1. The summed E-state index contributed by atoms with van der Waals surface area (Å²) in [5.41, 5.74) is 41.2. The van der Waals surface area contributed by atoms with Crippen molar-refractivity contribution in [3.63, 3.8) is 0 Å². The lowest BCUT2D eigenvalue weighted by molar-refractivity contribution is -0.137. The van der Waals surface area contributed by atoms with Gasteiger partial charge in [0.25, 0.3) is 0 Å². The molecule has 2 aromatic heterocycles. The number of carbonyl (C=O) groups excluding carboxylic acids is 18. The second-order valence-electron chi connectivity index (χ2n) is 30.3. The van der Waals surface area contributed by atoms with E-state index in [1.165, 1.54) is 30.5 Å². The van der Waals surface area contributed by atoms with Crippen LogP contribution in [0.5, 0.6) is 5.75 Å². The van der Waals surface area contributed by atoms with Gasteiger partial charge in [-0.05, 0) is 125 Å². The Morgan fingerprint density at radius 1 is 0.426 bits per heavy atom. The third kappa shape index (κ3) is 37.7. The van der Waals surface area contributed by atoms with Crippen molar-refractivity contribution in [2.75, 3.05) is 57.4 Å². The number of carbonyl (C=O) groups is 18. The van der Waals surface area contributed by atoms with Gasteiger partial charge in [0.1, 0.15) is 84.9 Å². The van der Waals surface area contributed by atoms with E-state index in [0.717, 1.165) is 13.8 Å². The van der Waals surface area contributed by atoms with Crippen LogP contribution >= 0.6 is 25.3 Å². The largest absolute Gasteiger partial charge is 0.508 e. The number of phenolic OH excluding ortho intramolecular Hbond substituents is 1. The van der Waals surface area contributed by atoms with Crippen LogP contribution in [-0.2, 0) is 110 Å². The molecule has 46 nitrogen and oxygen atoms in total. The Bertz CT molecular complexity index is 4710. The fourth-order valence-electron chi connectivity index (χ4n) is 13.1. The number of unbranched alkanes of at least 4 members (excludes halogenated alkanes) is 2. The molecule has 0 saturated carbocycles. The molecule has 0 bridgehead atoms. The third-order valence-corrected chi connectivity index (χ3v) is 20.7. The van der Waals surface area contributed by atoms with Crippen LogP contribution in [0.1, 0.15) is 114 Å². The summed E-state index contributed by atoms with van der Waals surface area (Å²) in [4.78, 5) is 252. The molecule has 13 atom stereocenters. The Kier molecular flexibility index (Phi) is 45.7. The van der Waals surface area contributed by atoms with Gasteiger partial charge in [-0.1, -0.05) is 48.5 Å². The molecule has 0 aliphatic heterocycles. The Balaban J connectivity index is 1.44. The molecule has 706 valence electrons. The number of primary amides is 4. The summed E-state index contributed by atoms with van der Waals surface area (Å²) >= 11 is 8.47.